The second kappa shape index (κ2) is 8.61. The molecule has 1 aromatic heterocycles. The van der Waals surface area contributed by atoms with Crippen LogP contribution in [0, 0.1) is 5.82 Å². The minimum atomic E-state index is -0.392. The van der Waals surface area contributed by atoms with Crippen LogP contribution in [0.25, 0.3) is 10.9 Å². The first kappa shape index (κ1) is 19.4. The molecule has 5 nitrogen and oxygen atoms in total. The molecule has 0 spiro atoms. The number of nitrogens with one attached hydrogen (secondary N) is 3. The third-order valence-corrected chi connectivity index (χ3v) is 4.81. The van der Waals surface area contributed by atoms with Gasteiger partial charge in [-0.2, -0.15) is 0 Å². The van der Waals surface area contributed by atoms with Crippen molar-refractivity contribution in [3.05, 3.63) is 102 Å². The Bertz CT molecular complexity index is 1200. The molecule has 4 rings (SSSR count). The number of carbonyl (C=O) groups is 2. The molecule has 0 radical (unpaired) electrons. The number of anilines is 1. The summed E-state index contributed by atoms with van der Waals surface area (Å²) < 4.78 is 13.0. The molecular formula is C24H20FN3O2. The Balaban J connectivity index is 1.35. The van der Waals surface area contributed by atoms with E-state index < -0.39 is 5.82 Å². The average molecular weight is 401 g/mol. The van der Waals surface area contributed by atoms with Crippen molar-refractivity contribution in [2.75, 3.05) is 5.32 Å². The van der Waals surface area contributed by atoms with E-state index in [-0.39, 0.29) is 18.2 Å². The van der Waals surface area contributed by atoms with Crippen LogP contribution in [0.5, 0.6) is 0 Å². The van der Waals surface area contributed by atoms with Crippen molar-refractivity contribution in [2.24, 2.45) is 0 Å². The lowest BCUT2D eigenvalue weighted by Gasteiger charge is -2.09. The fraction of sp³-hybridized carbons (Fsp3) is 0.0833. The number of aromatic nitrogens is 1. The van der Waals surface area contributed by atoms with Gasteiger partial charge in [-0.25, -0.2) is 4.39 Å². The van der Waals surface area contributed by atoms with Gasteiger partial charge in [-0.1, -0.05) is 30.3 Å². The predicted molar refractivity (Wildman–Crippen MR) is 115 cm³/mol. The number of para-hydroxylation sites is 1. The van der Waals surface area contributed by atoms with Crippen LogP contribution in [0.3, 0.4) is 0 Å². The zero-order valence-corrected chi connectivity index (χ0v) is 16.1. The molecule has 3 N–H and O–H groups in total. The Hall–Kier alpha value is -3.93. The molecular weight excluding hydrogens is 381 g/mol. The van der Waals surface area contributed by atoms with Crippen LogP contribution < -0.4 is 10.6 Å². The van der Waals surface area contributed by atoms with Crippen LogP contribution in [0.4, 0.5) is 10.1 Å². The van der Waals surface area contributed by atoms with Crippen LogP contribution in [-0.4, -0.2) is 16.8 Å². The zero-order valence-electron chi connectivity index (χ0n) is 16.1. The maximum atomic E-state index is 13.0. The van der Waals surface area contributed by atoms with E-state index in [2.05, 4.69) is 15.6 Å². The van der Waals surface area contributed by atoms with Crippen molar-refractivity contribution in [1.29, 1.82) is 0 Å². The van der Waals surface area contributed by atoms with Crippen LogP contribution in [0.15, 0.2) is 79.0 Å². The molecule has 4 aromatic rings. The second-order valence-electron chi connectivity index (χ2n) is 6.97. The number of H-pyrrole nitrogens is 1. The largest absolute Gasteiger partial charge is 0.361 e. The zero-order chi connectivity index (χ0) is 20.9. The molecule has 150 valence electrons. The van der Waals surface area contributed by atoms with Crippen LogP contribution in [0.1, 0.15) is 21.5 Å². The number of aromatic amines is 1. The molecule has 0 saturated carbocycles. The highest BCUT2D eigenvalue weighted by Crippen LogP contribution is 2.18. The van der Waals surface area contributed by atoms with Gasteiger partial charge in [0.2, 0.25) is 5.91 Å². The first-order valence-corrected chi connectivity index (χ1v) is 9.56. The van der Waals surface area contributed by atoms with Gasteiger partial charge >= 0.3 is 0 Å². The molecule has 0 atom stereocenters. The highest BCUT2D eigenvalue weighted by atomic mass is 19.1. The minimum absolute atomic E-state index is 0.0829. The van der Waals surface area contributed by atoms with E-state index >= 15 is 0 Å². The van der Waals surface area contributed by atoms with Gasteiger partial charge in [0.1, 0.15) is 5.82 Å². The summed E-state index contributed by atoms with van der Waals surface area (Å²) in [6.45, 7) is 0.349. The fourth-order valence-electron chi connectivity index (χ4n) is 3.28. The molecule has 0 aliphatic carbocycles. The highest BCUT2D eigenvalue weighted by Gasteiger charge is 2.09. The summed E-state index contributed by atoms with van der Waals surface area (Å²) in [5.74, 6) is -0.798. The van der Waals surface area contributed by atoms with Crippen molar-refractivity contribution in [1.82, 2.24) is 10.3 Å². The third-order valence-electron chi connectivity index (χ3n) is 4.81. The molecule has 2 amide bonds. The summed E-state index contributed by atoms with van der Waals surface area (Å²) in [6.07, 6.45) is 2.14. The molecule has 0 aliphatic heterocycles. The molecule has 0 saturated heterocycles. The maximum Gasteiger partial charge on any atom is 0.255 e. The smallest absolute Gasteiger partial charge is 0.255 e. The fourth-order valence-corrected chi connectivity index (χ4v) is 3.28. The first-order valence-electron chi connectivity index (χ1n) is 9.56. The van der Waals surface area contributed by atoms with Gasteiger partial charge in [-0.05, 0) is 53.6 Å². The Morgan fingerprint density at radius 1 is 0.933 bits per heavy atom. The molecule has 0 bridgehead atoms. The van der Waals surface area contributed by atoms with E-state index in [9.17, 15) is 14.0 Å². The van der Waals surface area contributed by atoms with Gasteiger partial charge in [0.25, 0.3) is 5.91 Å². The Morgan fingerprint density at radius 2 is 1.73 bits per heavy atom. The van der Waals surface area contributed by atoms with Crippen molar-refractivity contribution in [3.8, 4) is 0 Å². The number of rotatable bonds is 6. The number of hydrogen-bond donors (Lipinski definition) is 3. The first-order chi connectivity index (χ1) is 14.6. The quantitative estimate of drug-likeness (QED) is 0.447. The van der Waals surface area contributed by atoms with Crippen molar-refractivity contribution in [3.63, 3.8) is 0 Å². The Kier molecular flexibility index (Phi) is 5.57. The summed E-state index contributed by atoms with van der Waals surface area (Å²) in [5.41, 5.74) is 3.79. The molecule has 6 heteroatoms. The summed E-state index contributed by atoms with van der Waals surface area (Å²) in [5, 5.41) is 6.74. The monoisotopic (exact) mass is 401 g/mol. The van der Waals surface area contributed by atoms with Crippen molar-refractivity contribution >= 4 is 28.4 Å². The lowest BCUT2D eigenvalue weighted by atomic mass is 10.1. The molecule has 30 heavy (non-hydrogen) atoms. The molecule has 1 heterocycles. The van der Waals surface area contributed by atoms with Crippen molar-refractivity contribution in [2.45, 2.75) is 13.0 Å². The van der Waals surface area contributed by atoms with E-state index in [4.69, 9.17) is 0 Å². The number of hydrogen-bond acceptors (Lipinski definition) is 2. The summed E-state index contributed by atoms with van der Waals surface area (Å²) in [7, 11) is 0. The van der Waals surface area contributed by atoms with Crippen molar-refractivity contribution < 1.29 is 14.0 Å². The predicted octanol–water partition coefficient (Wildman–Crippen LogP) is 4.42. The van der Waals surface area contributed by atoms with E-state index in [1.807, 2.05) is 36.5 Å². The van der Waals surface area contributed by atoms with Gasteiger partial charge in [0.05, 0.1) is 6.42 Å². The third kappa shape index (κ3) is 4.55. The number of fused-ring (bicyclic) bond motifs is 1. The molecule has 0 unspecified atom stereocenters. The SMILES string of the molecule is O=C(Cc1c[nH]c2ccccc12)NCc1cccc(NC(=O)c2ccc(F)cc2)c1. The topological polar surface area (TPSA) is 74.0 Å². The number of carbonyl (C=O) groups excluding carboxylic acids is 2. The normalized spacial score (nSPS) is 10.7. The van der Waals surface area contributed by atoms with Crippen LogP contribution in [0.2, 0.25) is 0 Å². The number of amides is 2. The van der Waals surface area contributed by atoms with E-state index in [1.54, 1.807) is 18.2 Å². The summed E-state index contributed by atoms with van der Waals surface area (Å²) in [4.78, 5) is 27.8. The van der Waals surface area contributed by atoms with Gasteiger partial charge < -0.3 is 15.6 Å². The lowest BCUT2D eigenvalue weighted by Crippen LogP contribution is -2.24. The van der Waals surface area contributed by atoms with Gasteiger partial charge in [-0.3, -0.25) is 9.59 Å². The number of halogens is 1. The lowest BCUT2D eigenvalue weighted by molar-refractivity contribution is -0.120. The van der Waals surface area contributed by atoms with Gasteiger partial charge in [0.15, 0.2) is 0 Å². The molecule has 0 aliphatic rings. The van der Waals surface area contributed by atoms with E-state index in [0.717, 1.165) is 22.0 Å². The maximum absolute atomic E-state index is 13.0. The van der Waals surface area contributed by atoms with Crippen LogP contribution in [-0.2, 0) is 17.8 Å². The minimum Gasteiger partial charge on any atom is -0.361 e. The van der Waals surface area contributed by atoms with E-state index in [0.29, 0.717) is 17.8 Å². The van der Waals surface area contributed by atoms with E-state index in [1.165, 1.54) is 24.3 Å². The second-order valence-corrected chi connectivity index (χ2v) is 6.97. The van der Waals surface area contributed by atoms with Gasteiger partial charge in [-0.15, -0.1) is 0 Å². The summed E-state index contributed by atoms with van der Waals surface area (Å²) in [6, 6.07) is 20.5. The molecule has 3 aromatic carbocycles. The number of benzene rings is 3. The average Bonchev–Trinajstić information content (AvgIpc) is 3.16. The summed E-state index contributed by atoms with van der Waals surface area (Å²) >= 11 is 0. The standard InChI is InChI=1S/C24H20FN3O2/c25-19-10-8-17(9-11-19)24(30)28-20-5-3-4-16(12-20)14-27-23(29)13-18-15-26-22-7-2-1-6-21(18)22/h1-12,15,26H,13-14H2,(H,27,29)(H,28,30). The van der Waals surface area contributed by atoms with Gasteiger partial charge in [0, 0.05) is 34.9 Å². The molecule has 0 fully saturated rings. The Morgan fingerprint density at radius 3 is 2.57 bits per heavy atom. The van der Waals surface area contributed by atoms with Crippen LogP contribution >= 0.6 is 0 Å². The highest BCUT2D eigenvalue weighted by molar-refractivity contribution is 6.04. The Labute approximate surface area is 172 Å².